The fraction of sp³-hybridized carbons (Fsp3) is 0.278. The molecule has 0 aliphatic heterocycles. The first kappa shape index (κ1) is 22.5. The van der Waals surface area contributed by atoms with Crippen LogP contribution >= 0.6 is 46.3 Å². The quantitative estimate of drug-likeness (QED) is 0.378. The molecule has 12 heteroatoms. The van der Waals surface area contributed by atoms with E-state index in [0.29, 0.717) is 38.5 Å². The number of amides is 1. The third-order valence-electron chi connectivity index (χ3n) is 3.77. The van der Waals surface area contributed by atoms with Crippen molar-refractivity contribution < 1.29 is 14.3 Å². The van der Waals surface area contributed by atoms with E-state index >= 15 is 0 Å². The molecular formula is C18H17Cl2N5O3S2. The highest BCUT2D eigenvalue weighted by Gasteiger charge is 2.15. The monoisotopic (exact) mass is 485 g/mol. The van der Waals surface area contributed by atoms with E-state index in [4.69, 9.17) is 27.9 Å². The van der Waals surface area contributed by atoms with Gasteiger partial charge in [0.1, 0.15) is 0 Å². The minimum absolute atomic E-state index is 0.0748. The van der Waals surface area contributed by atoms with Gasteiger partial charge in [-0.1, -0.05) is 35.0 Å². The Labute approximate surface area is 191 Å². The fourth-order valence-corrected chi connectivity index (χ4v) is 4.15. The van der Waals surface area contributed by atoms with Crippen LogP contribution in [-0.2, 0) is 27.8 Å². The lowest BCUT2D eigenvalue weighted by molar-refractivity contribution is -0.142. The first-order chi connectivity index (χ1) is 14.4. The molecule has 0 saturated heterocycles. The van der Waals surface area contributed by atoms with Crippen molar-refractivity contribution in [3.63, 3.8) is 0 Å². The van der Waals surface area contributed by atoms with Gasteiger partial charge in [-0.25, -0.2) is 4.98 Å². The van der Waals surface area contributed by atoms with E-state index in [0.717, 1.165) is 5.56 Å². The van der Waals surface area contributed by atoms with Gasteiger partial charge >= 0.3 is 5.97 Å². The number of aromatic nitrogens is 4. The summed E-state index contributed by atoms with van der Waals surface area (Å²) in [4.78, 5) is 28.0. The van der Waals surface area contributed by atoms with Crippen LogP contribution in [-0.4, -0.2) is 44.0 Å². The maximum Gasteiger partial charge on any atom is 0.311 e. The largest absolute Gasteiger partial charge is 0.466 e. The van der Waals surface area contributed by atoms with Crippen molar-refractivity contribution in [3.05, 3.63) is 39.3 Å². The van der Waals surface area contributed by atoms with Crippen molar-refractivity contribution in [2.24, 2.45) is 7.05 Å². The Balaban J connectivity index is 1.56. The number of hydrogen-bond donors (Lipinski definition) is 1. The van der Waals surface area contributed by atoms with Gasteiger partial charge in [0, 0.05) is 18.0 Å². The Morgan fingerprint density at radius 2 is 2.07 bits per heavy atom. The van der Waals surface area contributed by atoms with Gasteiger partial charge in [-0.3, -0.25) is 9.59 Å². The van der Waals surface area contributed by atoms with E-state index in [-0.39, 0.29) is 24.1 Å². The molecule has 3 aromatic rings. The molecule has 1 N–H and O–H groups in total. The smallest absolute Gasteiger partial charge is 0.311 e. The van der Waals surface area contributed by atoms with Crippen molar-refractivity contribution in [2.45, 2.75) is 18.5 Å². The first-order valence-corrected chi connectivity index (χ1v) is 11.4. The molecule has 0 unspecified atom stereocenters. The van der Waals surface area contributed by atoms with Gasteiger partial charge in [0.15, 0.2) is 16.1 Å². The second-order valence-electron chi connectivity index (χ2n) is 5.96. The number of nitrogens with zero attached hydrogens (tertiary/aromatic N) is 4. The van der Waals surface area contributed by atoms with E-state index < -0.39 is 0 Å². The summed E-state index contributed by atoms with van der Waals surface area (Å²) in [7, 11) is 1.81. The molecule has 0 saturated carbocycles. The molecule has 0 bridgehead atoms. The van der Waals surface area contributed by atoms with Crippen molar-refractivity contribution in [1.82, 2.24) is 19.7 Å². The molecule has 0 spiro atoms. The van der Waals surface area contributed by atoms with Crippen LogP contribution < -0.4 is 5.32 Å². The molecule has 2 heterocycles. The van der Waals surface area contributed by atoms with Crippen LogP contribution in [0.5, 0.6) is 0 Å². The SMILES string of the molecule is CCOC(=O)Cc1csc(NC(=O)CSc2nnc(-c3ccc(Cl)c(Cl)c3)n2C)n1. The third kappa shape index (κ3) is 5.72. The molecule has 8 nitrogen and oxygen atoms in total. The highest BCUT2D eigenvalue weighted by molar-refractivity contribution is 7.99. The highest BCUT2D eigenvalue weighted by atomic mass is 35.5. The second kappa shape index (κ2) is 10.3. The summed E-state index contributed by atoms with van der Waals surface area (Å²) in [5, 5.41) is 14.6. The van der Waals surface area contributed by atoms with Crippen molar-refractivity contribution >= 4 is 63.3 Å². The predicted molar refractivity (Wildman–Crippen MR) is 118 cm³/mol. The number of ether oxygens (including phenoxy) is 1. The van der Waals surface area contributed by atoms with E-state index in [1.54, 1.807) is 42.1 Å². The number of rotatable bonds is 8. The fourth-order valence-electron chi connectivity index (χ4n) is 2.42. The first-order valence-electron chi connectivity index (χ1n) is 8.74. The Bertz CT molecular complexity index is 1070. The third-order valence-corrected chi connectivity index (χ3v) is 6.34. The van der Waals surface area contributed by atoms with Crippen LogP contribution in [0.3, 0.4) is 0 Å². The van der Waals surface area contributed by atoms with E-state index in [1.807, 2.05) is 0 Å². The molecule has 158 valence electrons. The van der Waals surface area contributed by atoms with Gasteiger partial charge in [-0.15, -0.1) is 21.5 Å². The minimum atomic E-state index is -0.351. The van der Waals surface area contributed by atoms with Gasteiger partial charge in [-0.2, -0.15) is 0 Å². The number of benzene rings is 1. The Hall–Kier alpha value is -2.14. The zero-order valence-corrected chi connectivity index (χ0v) is 19.2. The van der Waals surface area contributed by atoms with Crippen LogP contribution in [0.15, 0.2) is 28.7 Å². The molecular weight excluding hydrogens is 469 g/mol. The van der Waals surface area contributed by atoms with Gasteiger partial charge < -0.3 is 14.6 Å². The standard InChI is InChI=1S/C18H17Cl2N5O3S2/c1-3-28-15(27)7-11-8-29-17(21-11)22-14(26)9-30-18-24-23-16(25(18)2)10-4-5-12(19)13(20)6-10/h4-6,8H,3,7,9H2,1-2H3,(H,21,22,26). The number of hydrogen-bond acceptors (Lipinski definition) is 8. The number of esters is 1. The Morgan fingerprint density at radius 3 is 2.80 bits per heavy atom. The zero-order chi connectivity index (χ0) is 21.7. The van der Waals surface area contributed by atoms with Gasteiger partial charge in [0.05, 0.1) is 34.5 Å². The molecule has 0 fully saturated rings. The number of halogens is 2. The Kier molecular flexibility index (Phi) is 7.70. The summed E-state index contributed by atoms with van der Waals surface area (Å²) in [5.41, 5.74) is 1.33. The van der Waals surface area contributed by atoms with Crippen LogP contribution in [0.25, 0.3) is 11.4 Å². The highest BCUT2D eigenvalue weighted by Crippen LogP contribution is 2.29. The Morgan fingerprint density at radius 1 is 1.27 bits per heavy atom. The second-order valence-corrected chi connectivity index (χ2v) is 8.57. The predicted octanol–water partition coefficient (Wildman–Crippen LogP) is 4.08. The topological polar surface area (TPSA) is 99.0 Å². The number of thiazole rings is 1. The molecule has 0 aliphatic rings. The van der Waals surface area contributed by atoms with Crippen molar-refractivity contribution in [2.75, 3.05) is 17.7 Å². The van der Waals surface area contributed by atoms with Crippen LogP contribution in [0.2, 0.25) is 10.0 Å². The average Bonchev–Trinajstić information content (AvgIpc) is 3.28. The molecule has 3 rings (SSSR count). The van der Waals surface area contributed by atoms with Gasteiger partial charge in [0.25, 0.3) is 0 Å². The normalized spacial score (nSPS) is 10.8. The molecule has 30 heavy (non-hydrogen) atoms. The zero-order valence-electron chi connectivity index (χ0n) is 16.0. The van der Waals surface area contributed by atoms with Gasteiger partial charge in [-0.05, 0) is 25.1 Å². The average molecular weight is 486 g/mol. The summed E-state index contributed by atoms with van der Waals surface area (Å²) in [5.74, 6) is 0.146. The van der Waals surface area contributed by atoms with Crippen LogP contribution in [0, 0.1) is 0 Å². The van der Waals surface area contributed by atoms with E-state index in [9.17, 15) is 9.59 Å². The number of carbonyl (C=O) groups is 2. The maximum atomic E-state index is 12.2. The molecule has 1 amide bonds. The number of carbonyl (C=O) groups excluding carboxylic acids is 2. The minimum Gasteiger partial charge on any atom is -0.466 e. The van der Waals surface area contributed by atoms with Crippen LogP contribution in [0.4, 0.5) is 5.13 Å². The summed E-state index contributed by atoms with van der Waals surface area (Å²) >= 11 is 14.5. The summed E-state index contributed by atoms with van der Waals surface area (Å²) in [6.07, 6.45) is 0.0748. The van der Waals surface area contributed by atoms with Crippen LogP contribution in [0.1, 0.15) is 12.6 Å². The number of thioether (sulfide) groups is 1. The van der Waals surface area contributed by atoms with Crippen molar-refractivity contribution in [3.8, 4) is 11.4 Å². The lowest BCUT2D eigenvalue weighted by Gasteiger charge is -2.05. The van der Waals surface area contributed by atoms with Gasteiger partial charge in [0.2, 0.25) is 5.91 Å². The summed E-state index contributed by atoms with van der Waals surface area (Å²) in [6.45, 7) is 2.06. The number of nitrogens with one attached hydrogen (secondary N) is 1. The summed E-state index contributed by atoms with van der Waals surface area (Å²) < 4.78 is 6.66. The van der Waals surface area contributed by atoms with E-state index in [2.05, 4.69) is 20.5 Å². The molecule has 0 atom stereocenters. The maximum absolute atomic E-state index is 12.2. The lowest BCUT2D eigenvalue weighted by Crippen LogP contribution is -2.14. The molecule has 0 radical (unpaired) electrons. The molecule has 2 aromatic heterocycles. The number of anilines is 1. The van der Waals surface area contributed by atoms with E-state index in [1.165, 1.54) is 23.1 Å². The molecule has 1 aromatic carbocycles. The summed E-state index contributed by atoms with van der Waals surface area (Å²) in [6, 6.07) is 5.21. The molecule has 0 aliphatic carbocycles. The van der Waals surface area contributed by atoms with Crippen molar-refractivity contribution in [1.29, 1.82) is 0 Å². The lowest BCUT2D eigenvalue weighted by atomic mass is 10.2.